The summed E-state index contributed by atoms with van der Waals surface area (Å²) < 4.78 is 39.3. The van der Waals surface area contributed by atoms with Gasteiger partial charge in [-0.15, -0.1) is 0 Å². The largest absolute Gasteiger partial charge is 0.488 e. The lowest BCUT2D eigenvalue weighted by molar-refractivity contribution is -0.137. The molecule has 29 heavy (non-hydrogen) atoms. The fourth-order valence-corrected chi connectivity index (χ4v) is 2.59. The smallest absolute Gasteiger partial charge is 0.423 e. The van der Waals surface area contributed by atoms with Gasteiger partial charge in [0.15, 0.2) is 5.78 Å². The maximum Gasteiger partial charge on any atom is 0.488 e. The molecule has 0 saturated heterocycles. The van der Waals surface area contributed by atoms with Gasteiger partial charge in [-0.3, -0.25) is 9.59 Å². The molecule has 0 radical (unpaired) electrons. The minimum Gasteiger partial charge on any atom is -0.423 e. The summed E-state index contributed by atoms with van der Waals surface area (Å²) >= 11 is 0. The number of benzene rings is 2. The van der Waals surface area contributed by atoms with Gasteiger partial charge in [0.05, 0.1) is 5.56 Å². The van der Waals surface area contributed by atoms with E-state index in [-0.39, 0.29) is 23.1 Å². The summed E-state index contributed by atoms with van der Waals surface area (Å²) in [5, 5.41) is 39.7. The van der Waals surface area contributed by atoms with Crippen LogP contribution in [0.1, 0.15) is 38.8 Å². The second-order valence-electron chi connectivity index (χ2n) is 6.12. The highest BCUT2D eigenvalue weighted by molar-refractivity contribution is 6.59. The lowest BCUT2D eigenvalue weighted by atomic mass is 9.76. The van der Waals surface area contributed by atoms with Crippen molar-refractivity contribution in [2.75, 3.05) is 6.54 Å². The molecule has 0 spiro atoms. The van der Waals surface area contributed by atoms with Gasteiger partial charge in [0.2, 0.25) is 0 Å². The predicted octanol–water partition coefficient (Wildman–Crippen LogP) is -0.954. The molecule has 12 heteroatoms. The quantitative estimate of drug-likeness (QED) is 0.309. The molecule has 2 rings (SSSR count). The van der Waals surface area contributed by atoms with Crippen LogP contribution in [0.3, 0.4) is 0 Å². The van der Waals surface area contributed by atoms with E-state index in [0.29, 0.717) is 12.1 Å². The normalized spacial score (nSPS) is 11.2. The van der Waals surface area contributed by atoms with Crippen molar-refractivity contribution in [3.05, 3.63) is 58.7 Å². The van der Waals surface area contributed by atoms with Gasteiger partial charge in [-0.1, -0.05) is 18.2 Å². The topological polar surface area (TPSA) is 127 Å². The van der Waals surface area contributed by atoms with Crippen LogP contribution in [-0.4, -0.2) is 52.6 Å². The number of carbonyl (C=O) groups excluding carboxylic acids is 2. The van der Waals surface area contributed by atoms with Crippen molar-refractivity contribution in [1.29, 1.82) is 0 Å². The number of hydrogen-bond acceptors (Lipinski definition) is 6. The van der Waals surface area contributed by atoms with Crippen LogP contribution < -0.4 is 16.2 Å². The van der Waals surface area contributed by atoms with E-state index < -0.39 is 48.7 Å². The van der Waals surface area contributed by atoms with Crippen molar-refractivity contribution in [3.63, 3.8) is 0 Å². The number of rotatable bonds is 6. The van der Waals surface area contributed by atoms with E-state index >= 15 is 0 Å². The molecule has 0 fully saturated rings. The van der Waals surface area contributed by atoms with Crippen molar-refractivity contribution in [2.45, 2.75) is 13.1 Å². The first kappa shape index (κ1) is 22.6. The molecule has 0 aliphatic heterocycles. The van der Waals surface area contributed by atoms with Crippen LogP contribution in [0.15, 0.2) is 36.4 Å². The third-order valence-corrected chi connectivity index (χ3v) is 3.96. The van der Waals surface area contributed by atoms with Crippen LogP contribution in [0.25, 0.3) is 0 Å². The zero-order valence-corrected chi connectivity index (χ0v) is 15.1. The Morgan fingerprint density at radius 3 is 1.83 bits per heavy atom. The average molecular weight is 409 g/mol. The third kappa shape index (κ3) is 5.45. The molecule has 0 saturated carbocycles. The maximum absolute atomic E-state index is 13.1. The van der Waals surface area contributed by atoms with Crippen LogP contribution in [0, 0.1) is 0 Å². The Bertz CT molecular complexity index is 934. The van der Waals surface area contributed by atoms with Gasteiger partial charge in [0, 0.05) is 23.2 Å². The van der Waals surface area contributed by atoms with E-state index in [1.165, 1.54) is 0 Å². The number of amides is 1. The molecule has 152 valence electrons. The molecule has 2 aromatic carbocycles. The molecule has 0 heterocycles. The van der Waals surface area contributed by atoms with Gasteiger partial charge in [-0.2, -0.15) is 13.2 Å². The fraction of sp³-hybridized carbons (Fsp3) is 0.176. The Morgan fingerprint density at radius 2 is 1.34 bits per heavy atom. The van der Waals surface area contributed by atoms with Crippen LogP contribution in [0.2, 0.25) is 0 Å². The first-order valence-corrected chi connectivity index (χ1v) is 8.36. The summed E-state index contributed by atoms with van der Waals surface area (Å²) in [6, 6.07) is 5.13. The summed E-state index contributed by atoms with van der Waals surface area (Å²) in [6.07, 6.45) is -4.85. The Morgan fingerprint density at radius 1 is 0.862 bits per heavy atom. The van der Waals surface area contributed by atoms with E-state index in [1.54, 1.807) is 6.92 Å². The molecule has 0 unspecified atom stereocenters. The standard InChI is InChI=1S/C17H16B2F3NO6/c1-2-23-16(25)11-3-9(5-13(7-11)18(26)27)15(24)10-4-12(17(20,21)22)8-14(6-10)19(28)29/h3-8,26-29H,2H2,1H3,(H,23,25). The van der Waals surface area contributed by atoms with Crippen LogP contribution in [0.5, 0.6) is 0 Å². The summed E-state index contributed by atoms with van der Waals surface area (Å²) in [4.78, 5) is 24.8. The minimum absolute atomic E-state index is 0.102. The van der Waals surface area contributed by atoms with Crippen molar-refractivity contribution < 1.29 is 42.9 Å². The van der Waals surface area contributed by atoms with Crippen LogP contribution in [-0.2, 0) is 6.18 Å². The molecular weight excluding hydrogens is 393 g/mol. The SMILES string of the molecule is CCNC(=O)c1cc(B(O)O)cc(C(=O)c2cc(B(O)O)cc(C(F)(F)F)c2)c1. The predicted molar refractivity (Wildman–Crippen MR) is 99.0 cm³/mol. The average Bonchev–Trinajstić information content (AvgIpc) is 2.66. The zero-order chi connectivity index (χ0) is 21.9. The maximum atomic E-state index is 13.1. The van der Waals surface area contributed by atoms with Crippen molar-refractivity contribution in [3.8, 4) is 0 Å². The van der Waals surface area contributed by atoms with E-state index in [9.17, 15) is 42.9 Å². The molecule has 5 N–H and O–H groups in total. The first-order valence-electron chi connectivity index (χ1n) is 8.36. The summed E-state index contributed by atoms with van der Waals surface area (Å²) in [5.74, 6) is -1.61. The summed E-state index contributed by atoms with van der Waals surface area (Å²) in [5.41, 5.74) is -2.94. The summed E-state index contributed by atoms with van der Waals surface area (Å²) in [6.45, 7) is 1.89. The molecular formula is C17H16B2F3NO6. The van der Waals surface area contributed by atoms with Gasteiger partial charge >= 0.3 is 20.4 Å². The van der Waals surface area contributed by atoms with Crippen LogP contribution >= 0.6 is 0 Å². The van der Waals surface area contributed by atoms with Gasteiger partial charge in [-0.25, -0.2) is 0 Å². The second-order valence-corrected chi connectivity index (χ2v) is 6.12. The number of nitrogens with one attached hydrogen (secondary N) is 1. The molecule has 0 atom stereocenters. The molecule has 0 aliphatic rings. The monoisotopic (exact) mass is 409 g/mol. The van der Waals surface area contributed by atoms with Crippen LogP contribution in [0.4, 0.5) is 13.2 Å². The van der Waals surface area contributed by atoms with E-state index in [2.05, 4.69) is 5.32 Å². The number of halogens is 3. The fourth-order valence-electron chi connectivity index (χ4n) is 2.59. The van der Waals surface area contributed by atoms with Crippen molar-refractivity contribution >= 4 is 36.9 Å². The molecule has 7 nitrogen and oxygen atoms in total. The van der Waals surface area contributed by atoms with E-state index in [4.69, 9.17) is 0 Å². The summed E-state index contributed by atoms with van der Waals surface area (Å²) in [7, 11) is -4.28. The second kappa shape index (κ2) is 8.78. The molecule has 2 aromatic rings. The molecule has 0 aromatic heterocycles. The number of hydrogen-bond donors (Lipinski definition) is 5. The van der Waals surface area contributed by atoms with Crippen molar-refractivity contribution in [2.24, 2.45) is 0 Å². The highest BCUT2D eigenvalue weighted by Gasteiger charge is 2.33. The van der Waals surface area contributed by atoms with Gasteiger partial charge in [-0.05, 0) is 36.0 Å². The van der Waals surface area contributed by atoms with Crippen molar-refractivity contribution in [1.82, 2.24) is 5.32 Å². The Hall–Kier alpha value is -2.66. The zero-order valence-electron chi connectivity index (χ0n) is 15.1. The highest BCUT2D eigenvalue weighted by Crippen LogP contribution is 2.29. The van der Waals surface area contributed by atoms with Gasteiger partial charge in [0.1, 0.15) is 0 Å². The molecule has 1 amide bonds. The molecule has 0 bridgehead atoms. The Kier molecular flexibility index (Phi) is 6.85. The lowest BCUT2D eigenvalue weighted by Gasteiger charge is -2.13. The number of alkyl halides is 3. The van der Waals surface area contributed by atoms with Gasteiger partial charge in [0.25, 0.3) is 5.91 Å². The Balaban J connectivity index is 2.61. The minimum atomic E-state index is -4.85. The van der Waals surface area contributed by atoms with E-state index in [0.717, 1.165) is 24.3 Å². The highest BCUT2D eigenvalue weighted by atomic mass is 19.4. The molecule has 0 aliphatic carbocycles. The third-order valence-electron chi connectivity index (χ3n) is 3.96. The Labute approximate surface area is 164 Å². The first-order chi connectivity index (χ1) is 13.4. The number of ketones is 1. The van der Waals surface area contributed by atoms with Gasteiger partial charge < -0.3 is 25.4 Å². The number of carbonyl (C=O) groups is 2. The lowest BCUT2D eigenvalue weighted by Crippen LogP contribution is -2.33. The van der Waals surface area contributed by atoms with E-state index in [1.807, 2.05) is 0 Å².